The summed E-state index contributed by atoms with van der Waals surface area (Å²) in [5, 5.41) is 0.745. The average Bonchev–Trinajstić information content (AvgIpc) is 2.16. The van der Waals surface area contributed by atoms with Crippen molar-refractivity contribution >= 4 is 11.6 Å². The quantitative estimate of drug-likeness (QED) is 0.883. The summed E-state index contributed by atoms with van der Waals surface area (Å²) < 4.78 is 5.50. The van der Waals surface area contributed by atoms with Crippen LogP contribution in [0.2, 0.25) is 5.02 Å². The number of halogens is 1. The van der Waals surface area contributed by atoms with Gasteiger partial charge in [0.15, 0.2) is 0 Å². The van der Waals surface area contributed by atoms with Gasteiger partial charge in [0.05, 0.1) is 7.11 Å². The predicted octanol–water partition coefficient (Wildman–Crippen LogP) is 3.15. The van der Waals surface area contributed by atoms with Gasteiger partial charge in [0, 0.05) is 10.6 Å². The average molecular weight is 242 g/mol. The molecule has 0 aliphatic carbocycles. The van der Waals surface area contributed by atoms with E-state index in [1.807, 2.05) is 12.1 Å². The molecule has 0 heterocycles. The van der Waals surface area contributed by atoms with E-state index in [1.54, 1.807) is 7.11 Å². The van der Waals surface area contributed by atoms with Gasteiger partial charge in [-0.25, -0.2) is 0 Å². The Hall–Kier alpha value is -0.730. The number of hydrogen-bond donors (Lipinski definition) is 1. The van der Waals surface area contributed by atoms with Gasteiger partial charge in [-0.1, -0.05) is 32.4 Å². The molecule has 3 heteroatoms. The fourth-order valence-electron chi connectivity index (χ4n) is 1.79. The van der Waals surface area contributed by atoms with Gasteiger partial charge in [-0.05, 0) is 36.1 Å². The van der Waals surface area contributed by atoms with E-state index >= 15 is 0 Å². The molecule has 1 aromatic carbocycles. The molecule has 0 unspecified atom stereocenters. The first-order valence-electron chi connectivity index (χ1n) is 5.47. The third-order valence-electron chi connectivity index (χ3n) is 2.56. The van der Waals surface area contributed by atoms with Gasteiger partial charge >= 0.3 is 0 Å². The summed E-state index contributed by atoms with van der Waals surface area (Å²) in [5.74, 6) is 0.919. The van der Waals surface area contributed by atoms with E-state index in [1.165, 1.54) is 0 Å². The Morgan fingerprint density at radius 1 is 1.31 bits per heavy atom. The molecular weight excluding hydrogens is 222 g/mol. The molecule has 0 radical (unpaired) electrons. The second kappa shape index (κ2) is 5.07. The second-order valence-corrected chi connectivity index (χ2v) is 5.37. The molecule has 0 saturated carbocycles. The van der Waals surface area contributed by atoms with Crippen molar-refractivity contribution in [3.8, 4) is 5.75 Å². The number of hydrogen-bond acceptors (Lipinski definition) is 2. The minimum atomic E-state index is 0.0135. The molecule has 0 fully saturated rings. The summed E-state index contributed by atoms with van der Waals surface area (Å²) >= 11 is 6.12. The summed E-state index contributed by atoms with van der Waals surface area (Å²) in [4.78, 5) is 0. The molecule has 0 saturated heterocycles. The lowest BCUT2D eigenvalue weighted by Crippen LogP contribution is -2.15. The standard InChI is InChI=1S/C13H20ClNO/c1-13(2,3)11-8-10(14)7-9(5-6-15)12(11)16-4/h7-8H,5-6,15H2,1-4H3. The predicted molar refractivity (Wildman–Crippen MR) is 69.5 cm³/mol. The highest BCUT2D eigenvalue weighted by atomic mass is 35.5. The molecule has 0 aromatic heterocycles. The largest absolute Gasteiger partial charge is 0.496 e. The Kier molecular flexibility index (Phi) is 4.22. The summed E-state index contributed by atoms with van der Waals surface area (Å²) in [6.45, 7) is 7.04. The molecule has 0 aliphatic heterocycles. The minimum absolute atomic E-state index is 0.0135. The Morgan fingerprint density at radius 2 is 1.94 bits per heavy atom. The zero-order chi connectivity index (χ0) is 12.3. The highest BCUT2D eigenvalue weighted by Gasteiger charge is 2.21. The minimum Gasteiger partial charge on any atom is -0.496 e. The third kappa shape index (κ3) is 2.89. The monoisotopic (exact) mass is 241 g/mol. The Balaban J connectivity index is 3.36. The van der Waals surface area contributed by atoms with Crippen LogP contribution in [-0.4, -0.2) is 13.7 Å². The van der Waals surface area contributed by atoms with Crippen molar-refractivity contribution < 1.29 is 4.74 Å². The van der Waals surface area contributed by atoms with Gasteiger partial charge in [0.1, 0.15) is 5.75 Å². The molecule has 0 amide bonds. The number of benzene rings is 1. The molecule has 0 atom stereocenters. The van der Waals surface area contributed by atoms with Gasteiger partial charge in [0.2, 0.25) is 0 Å². The zero-order valence-corrected chi connectivity index (χ0v) is 11.2. The number of nitrogens with two attached hydrogens (primary N) is 1. The number of methoxy groups -OCH3 is 1. The molecule has 0 bridgehead atoms. The first-order chi connectivity index (χ1) is 7.40. The van der Waals surface area contributed by atoms with Crippen molar-refractivity contribution in [2.45, 2.75) is 32.6 Å². The van der Waals surface area contributed by atoms with Gasteiger partial charge in [-0.15, -0.1) is 0 Å². The lowest BCUT2D eigenvalue weighted by molar-refractivity contribution is 0.392. The van der Waals surface area contributed by atoms with Gasteiger partial charge in [0.25, 0.3) is 0 Å². The molecule has 0 aliphatic rings. The highest BCUT2D eigenvalue weighted by Crippen LogP contribution is 2.36. The third-order valence-corrected chi connectivity index (χ3v) is 2.77. The lowest BCUT2D eigenvalue weighted by Gasteiger charge is -2.24. The van der Waals surface area contributed by atoms with Gasteiger partial charge in [-0.3, -0.25) is 0 Å². The molecule has 90 valence electrons. The fourth-order valence-corrected chi connectivity index (χ4v) is 2.03. The highest BCUT2D eigenvalue weighted by molar-refractivity contribution is 6.30. The van der Waals surface area contributed by atoms with Crippen molar-refractivity contribution in [3.63, 3.8) is 0 Å². The van der Waals surface area contributed by atoms with Crippen LogP contribution >= 0.6 is 11.6 Å². The molecular formula is C13H20ClNO. The van der Waals surface area contributed by atoms with Crippen LogP contribution in [0, 0.1) is 0 Å². The van der Waals surface area contributed by atoms with Crippen LogP contribution < -0.4 is 10.5 Å². The topological polar surface area (TPSA) is 35.2 Å². The van der Waals surface area contributed by atoms with E-state index < -0.39 is 0 Å². The van der Waals surface area contributed by atoms with E-state index in [0.717, 1.165) is 28.3 Å². The summed E-state index contributed by atoms with van der Waals surface area (Å²) in [6, 6.07) is 3.91. The van der Waals surface area contributed by atoms with Crippen LogP contribution in [0.3, 0.4) is 0 Å². The molecule has 1 aromatic rings. The van der Waals surface area contributed by atoms with Gasteiger partial charge in [-0.2, -0.15) is 0 Å². The summed E-state index contributed by atoms with van der Waals surface area (Å²) in [6.07, 6.45) is 0.785. The number of ether oxygens (including phenoxy) is 1. The van der Waals surface area contributed by atoms with E-state index in [-0.39, 0.29) is 5.41 Å². The van der Waals surface area contributed by atoms with E-state index in [9.17, 15) is 0 Å². The summed E-state index contributed by atoms with van der Waals surface area (Å²) in [7, 11) is 1.69. The van der Waals surface area contributed by atoms with E-state index in [4.69, 9.17) is 22.1 Å². The molecule has 2 N–H and O–H groups in total. The first-order valence-corrected chi connectivity index (χ1v) is 5.85. The van der Waals surface area contributed by atoms with E-state index in [0.29, 0.717) is 6.54 Å². The van der Waals surface area contributed by atoms with Crippen LogP contribution in [0.1, 0.15) is 31.9 Å². The SMILES string of the molecule is COc1c(CCN)cc(Cl)cc1C(C)(C)C. The molecule has 0 spiro atoms. The lowest BCUT2D eigenvalue weighted by atomic mass is 9.85. The summed E-state index contributed by atoms with van der Waals surface area (Å²) in [5.41, 5.74) is 7.82. The smallest absolute Gasteiger partial charge is 0.125 e. The Labute approximate surface area is 103 Å². The van der Waals surface area contributed by atoms with Crippen LogP contribution in [0.15, 0.2) is 12.1 Å². The first kappa shape index (κ1) is 13.3. The van der Waals surface area contributed by atoms with Crippen molar-refractivity contribution in [3.05, 3.63) is 28.3 Å². The van der Waals surface area contributed by atoms with Crippen molar-refractivity contribution in [1.82, 2.24) is 0 Å². The van der Waals surface area contributed by atoms with Crippen molar-refractivity contribution in [2.75, 3.05) is 13.7 Å². The Morgan fingerprint density at radius 3 is 2.38 bits per heavy atom. The van der Waals surface area contributed by atoms with Crippen LogP contribution in [0.5, 0.6) is 5.75 Å². The fraction of sp³-hybridized carbons (Fsp3) is 0.538. The van der Waals surface area contributed by atoms with Crippen LogP contribution in [-0.2, 0) is 11.8 Å². The van der Waals surface area contributed by atoms with Crippen LogP contribution in [0.4, 0.5) is 0 Å². The maximum atomic E-state index is 6.12. The van der Waals surface area contributed by atoms with E-state index in [2.05, 4.69) is 20.8 Å². The normalized spacial score (nSPS) is 11.6. The molecule has 16 heavy (non-hydrogen) atoms. The second-order valence-electron chi connectivity index (χ2n) is 4.93. The molecule has 1 rings (SSSR count). The number of rotatable bonds is 3. The zero-order valence-electron chi connectivity index (χ0n) is 10.4. The molecule has 2 nitrogen and oxygen atoms in total. The maximum absolute atomic E-state index is 6.12. The van der Waals surface area contributed by atoms with Crippen molar-refractivity contribution in [2.24, 2.45) is 5.73 Å². The maximum Gasteiger partial charge on any atom is 0.125 e. The van der Waals surface area contributed by atoms with Crippen LogP contribution in [0.25, 0.3) is 0 Å². The van der Waals surface area contributed by atoms with Crippen molar-refractivity contribution in [1.29, 1.82) is 0 Å². The Bertz CT molecular complexity index is 369. The van der Waals surface area contributed by atoms with Gasteiger partial charge < -0.3 is 10.5 Å².